The van der Waals surface area contributed by atoms with Gasteiger partial charge in [0.2, 0.25) is 0 Å². The van der Waals surface area contributed by atoms with E-state index in [4.69, 9.17) is 0 Å². The monoisotopic (exact) mass is 383 g/mol. The molecule has 3 heteroatoms. The van der Waals surface area contributed by atoms with Gasteiger partial charge in [0.05, 0.1) is 3.57 Å². The van der Waals surface area contributed by atoms with Crippen LogP contribution in [-0.4, -0.2) is 29.6 Å². The molecule has 20 heavy (non-hydrogen) atoms. The molecule has 108 valence electrons. The standard InChI is InChI=1S/C17H22INO/c1-19-7-6-17-5-3-2-4-12(17)15(19)9-11-8-14(18)16(20)10-13(11)17/h8,10,12,15,20H,2-7,9H2,1H3/t12-,15+,17+/m0/s1. The van der Waals surface area contributed by atoms with Gasteiger partial charge in [-0.2, -0.15) is 0 Å². The van der Waals surface area contributed by atoms with Gasteiger partial charge >= 0.3 is 0 Å². The Hall–Kier alpha value is -0.290. The van der Waals surface area contributed by atoms with Gasteiger partial charge in [0.1, 0.15) is 5.75 Å². The van der Waals surface area contributed by atoms with E-state index in [-0.39, 0.29) is 0 Å². The zero-order valence-corrected chi connectivity index (χ0v) is 14.2. The zero-order valence-electron chi connectivity index (χ0n) is 12.0. The zero-order chi connectivity index (χ0) is 13.9. The van der Waals surface area contributed by atoms with Crippen molar-refractivity contribution in [3.8, 4) is 5.75 Å². The number of nitrogens with zero attached hydrogens (tertiary/aromatic N) is 1. The van der Waals surface area contributed by atoms with Crippen LogP contribution < -0.4 is 0 Å². The van der Waals surface area contributed by atoms with Crippen LogP contribution in [0.25, 0.3) is 0 Å². The summed E-state index contributed by atoms with van der Waals surface area (Å²) in [6.07, 6.45) is 7.91. The maximum Gasteiger partial charge on any atom is 0.129 e. The summed E-state index contributed by atoms with van der Waals surface area (Å²) < 4.78 is 1.01. The van der Waals surface area contributed by atoms with E-state index in [1.54, 1.807) is 0 Å². The van der Waals surface area contributed by atoms with E-state index in [0.29, 0.717) is 11.2 Å². The van der Waals surface area contributed by atoms with Crippen LogP contribution in [0.3, 0.4) is 0 Å². The molecule has 1 N–H and O–H groups in total. The molecule has 1 saturated heterocycles. The first-order chi connectivity index (χ1) is 9.62. The van der Waals surface area contributed by atoms with Crippen LogP contribution in [0.4, 0.5) is 0 Å². The van der Waals surface area contributed by atoms with Crippen LogP contribution in [0.5, 0.6) is 5.75 Å². The number of likely N-dealkylation sites (N-methyl/N-ethyl adjacent to an activating group) is 1. The van der Waals surface area contributed by atoms with Gasteiger partial charge in [-0.1, -0.05) is 12.8 Å². The minimum absolute atomic E-state index is 0.366. The summed E-state index contributed by atoms with van der Waals surface area (Å²) in [5.74, 6) is 1.29. The maximum absolute atomic E-state index is 10.2. The number of phenols is 1. The Morgan fingerprint density at radius 1 is 1.30 bits per heavy atom. The molecule has 3 aliphatic rings. The number of aromatic hydroxyl groups is 1. The number of phenolic OH excluding ortho intramolecular Hbond substituents is 1. The largest absolute Gasteiger partial charge is 0.507 e. The van der Waals surface area contributed by atoms with Crippen molar-refractivity contribution in [2.45, 2.75) is 50.0 Å². The van der Waals surface area contributed by atoms with Crippen LogP contribution in [0.1, 0.15) is 43.2 Å². The van der Waals surface area contributed by atoms with Gasteiger partial charge in [-0.05, 0) is 91.0 Å². The summed E-state index contributed by atoms with van der Waals surface area (Å²) in [5, 5.41) is 10.2. The minimum atomic E-state index is 0.366. The first-order valence-electron chi connectivity index (χ1n) is 7.84. The molecule has 1 heterocycles. The molecule has 2 bridgehead atoms. The topological polar surface area (TPSA) is 23.5 Å². The fourth-order valence-corrected chi connectivity index (χ4v) is 5.75. The molecule has 1 aromatic rings. The molecule has 2 nitrogen and oxygen atoms in total. The average molecular weight is 383 g/mol. The number of likely N-dealkylation sites (tertiary alicyclic amines) is 1. The lowest BCUT2D eigenvalue weighted by Crippen LogP contribution is -2.59. The normalized spacial score (nSPS) is 36.3. The van der Waals surface area contributed by atoms with E-state index in [1.165, 1.54) is 56.2 Å². The highest BCUT2D eigenvalue weighted by molar-refractivity contribution is 14.1. The maximum atomic E-state index is 10.2. The SMILES string of the molecule is CN1CC[C@]23CCCC[C@H]2[C@H]1Cc1cc(I)c(O)cc13. The third kappa shape index (κ3) is 1.71. The quantitative estimate of drug-likeness (QED) is 0.691. The molecule has 0 radical (unpaired) electrons. The lowest BCUT2D eigenvalue weighted by Gasteiger charge is -2.58. The number of fused-ring (bicyclic) bond motifs is 1. The smallest absolute Gasteiger partial charge is 0.129 e. The predicted molar refractivity (Wildman–Crippen MR) is 89.2 cm³/mol. The van der Waals surface area contributed by atoms with Crippen molar-refractivity contribution in [2.75, 3.05) is 13.6 Å². The molecule has 0 aromatic heterocycles. The van der Waals surface area contributed by atoms with Crippen LogP contribution in [-0.2, 0) is 11.8 Å². The molecule has 1 aliphatic heterocycles. The van der Waals surface area contributed by atoms with E-state index in [0.717, 1.165) is 15.5 Å². The highest BCUT2D eigenvalue weighted by Crippen LogP contribution is 2.56. The van der Waals surface area contributed by atoms with E-state index in [9.17, 15) is 5.11 Å². The number of rotatable bonds is 0. The third-order valence-corrected chi connectivity index (χ3v) is 7.04. The Labute approximate surface area is 134 Å². The summed E-state index contributed by atoms with van der Waals surface area (Å²) in [7, 11) is 2.31. The van der Waals surface area contributed by atoms with E-state index in [1.807, 2.05) is 0 Å². The highest BCUT2D eigenvalue weighted by Gasteiger charge is 2.53. The van der Waals surface area contributed by atoms with Gasteiger partial charge in [0, 0.05) is 11.5 Å². The summed E-state index contributed by atoms with van der Waals surface area (Å²) in [4.78, 5) is 2.59. The molecule has 0 unspecified atom stereocenters. The van der Waals surface area contributed by atoms with Crippen molar-refractivity contribution in [1.29, 1.82) is 0 Å². The number of hydrogen-bond acceptors (Lipinski definition) is 2. The molecule has 4 rings (SSSR count). The summed E-state index contributed by atoms with van der Waals surface area (Å²) >= 11 is 2.26. The lowest BCUT2D eigenvalue weighted by atomic mass is 9.52. The molecule has 1 saturated carbocycles. The predicted octanol–water partition coefficient (Wildman–Crippen LogP) is 3.69. The number of halogens is 1. The van der Waals surface area contributed by atoms with Crippen LogP contribution in [0, 0.1) is 9.49 Å². The van der Waals surface area contributed by atoms with Gasteiger partial charge in [0.25, 0.3) is 0 Å². The molecular formula is C17H22INO. The van der Waals surface area contributed by atoms with Gasteiger partial charge in [-0.25, -0.2) is 0 Å². The van der Waals surface area contributed by atoms with Crippen molar-refractivity contribution >= 4 is 22.6 Å². The second-order valence-electron chi connectivity index (χ2n) is 6.97. The van der Waals surface area contributed by atoms with Crippen molar-refractivity contribution < 1.29 is 5.11 Å². The third-order valence-electron chi connectivity index (χ3n) is 6.18. The molecular weight excluding hydrogens is 361 g/mol. The van der Waals surface area contributed by atoms with E-state index < -0.39 is 0 Å². The van der Waals surface area contributed by atoms with Crippen molar-refractivity contribution in [3.05, 3.63) is 26.8 Å². The number of hydrogen-bond donors (Lipinski definition) is 1. The molecule has 0 amide bonds. The van der Waals surface area contributed by atoms with Gasteiger partial charge in [-0.15, -0.1) is 0 Å². The summed E-state index contributed by atoms with van der Waals surface area (Å²) in [5.41, 5.74) is 3.36. The van der Waals surface area contributed by atoms with Crippen LogP contribution in [0.2, 0.25) is 0 Å². The first kappa shape index (κ1) is 13.4. The van der Waals surface area contributed by atoms with Crippen LogP contribution in [0.15, 0.2) is 12.1 Å². The van der Waals surface area contributed by atoms with Crippen molar-refractivity contribution in [2.24, 2.45) is 5.92 Å². The Morgan fingerprint density at radius 2 is 2.15 bits per heavy atom. The first-order valence-corrected chi connectivity index (χ1v) is 8.92. The summed E-state index contributed by atoms with van der Waals surface area (Å²) in [6, 6.07) is 5.07. The fourth-order valence-electron chi connectivity index (χ4n) is 5.21. The van der Waals surface area contributed by atoms with E-state index in [2.05, 4.69) is 46.7 Å². The second-order valence-corrected chi connectivity index (χ2v) is 8.13. The van der Waals surface area contributed by atoms with Crippen molar-refractivity contribution in [1.82, 2.24) is 4.90 Å². The molecule has 2 aliphatic carbocycles. The molecule has 2 fully saturated rings. The Balaban J connectivity index is 1.92. The number of benzene rings is 1. The average Bonchev–Trinajstić information content (AvgIpc) is 2.45. The molecule has 0 spiro atoms. The van der Waals surface area contributed by atoms with Gasteiger partial charge in [0.15, 0.2) is 0 Å². The highest BCUT2D eigenvalue weighted by atomic mass is 127. The second kappa shape index (κ2) is 4.60. The Kier molecular flexibility index (Phi) is 3.08. The van der Waals surface area contributed by atoms with Crippen LogP contribution >= 0.6 is 22.6 Å². The Morgan fingerprint density at radius 3 is 3.00 bits per heavy atom. The minimum Gasteiger partial charge on any atom is -0.507 e. The van der Waals surface area contributed by atoms with E-state index >= 15 is 0 Å². The van der Waals surface area contributed by atoms with Gasteiger partial charge in [-0.3, -0.25) is 0 Å². The fraction of sp³-hybridized carbons (Fsp3) is 0.647. The lowest BCUT2D eigenvalue weighted by molar-refractivity contribution is 0.00270. The van der Waals surface area contributed by atoms with Crippen molar-refractivity contribution in [3.63, 3.8) is 0 Å². The van der Waals surface area contributed by atoms with Gasteiger partial charge < -0.3 is 10.0 Å². The number of piperidine rings is 1. The Bertz CT molecular complexity index is 558. The molecule has 3 atom stereocenters. The molecule has 1 aromatic carbocycles. The summed E-state index contributed by atoms with van der Waals surface area (Å²) in [6.45, 7) is 1.22.